The Kier molecular flexibility index (Phi) is 10.5. The summed E-state index contributed by atoms with van der Waals surface area (Å²) in [7, 11) is -1.23. The molecule has 0 atom stereocenters. The molecular weight excluding hydrogens is 921 g/mol. The van der Waals surface area contributed by atoms with E-state index in [9.17, 15) is 4.39 Å². The summed E-state index contributed by atoms with van der Waals surface area (Å²) in [6.07, 6.45) is 2.02. The monoisotopic (exact) mass is 956 g/mol. The van der Waals surface area contributed by atoms with Gasteiger partial charge in [-0.25, -0.2) is 8.78 Å². The van der Waals surface area contributed by atoms with Crippen molar-refractivity contribution in [3.8, 4) is 39.5 Å². The van der Waals surface area contributed by atoms with Crippen LogP contribution in [0.5, 0.6) is 0 Å². The van der Waals surface area contributed by atoms with Crippen LogP contribution in [0.2, 0.25) is 19.6 Å². The molecule has 0 amide bonds. The van der Waals surface area contributed by atoms with Crippen molar-refractivity contribution in [2.45, 2.75) is 19.6 Å². The Labute approximate surface area is 348 Å². The van der Waals surface area contributed by atoms with Crippen molar-refractivity contribution < 1.29 is 28.9 Å². The third-order valence-corrected chi connectivity index (χ3v) is 13.3. The van der Waals surface area contributed by atoms with Crippen LogP contribution in [0.3, 0.4) is 0 Å². The number of rotatable bonds is 5. The zero-order valence-corrected chi connectivity index (χ0v) is 35.6. The van der Waals surface area contributed by atoms with Gasteiger partial charge in [0.2, 0.25) is 0 Å². The molecule has 10 aromatic rings. The van der Waals surface area contributed by atoms with Crippen molar-refractivity contribution in [1.82, 2.24) is 14.5 Å². The zero-order chi connectivity index (χ0) is 38.4. The quantitative estimate of drug-likeness (QED) is 0.127. The summed E-state index contributed by atoms with van der Waals surface area (Å²) in [6.45, 7) is 7.00. The van der Waals surface area contributed by atoms with E-state index in [1.807, 2.05) is 95.7 Å². The average Bonchev–Trinajstić information content (AvgIpc) is 3.81. The van der Waals surface area contributed by atoms with Crippen LogP contribution in [-0.4, -0.2) is 22.6 Å². The molecule has 0 fully saturated rings. The average molecular weight is 956 g/mol. The van der Waals surface area contributed by atoms with Crippen LogP contribution >= 0.6 is 11.3 Å². The van der Waals surface area contributed by atoms with Crippen LogP contribution < -0.4 is 5.19 Å². The minimum Gasteiger partial charge on any atom is -0.331 e. The molecule has 3 aromatic heterocycles. The molecule has 281 valence electrons. The molecule has 0 unspecified atom stereocenters. The van der Waals surface area contributed by atoms with Gasteiger partial charge < -0.3 is 9.55 Å². The maximum absolute atomic E-state index is 15.4. The van der Waals surface area contributed by atoms with Crippen molar-refractivity contribution in [2.24, 2.45) is 0 Å². The molecule has 0 aliphatic carbocycles. The standard InChI is InChI=1S/C35H19F2N2S.C14H16NSi.Ir/c36-29-12-4-3-9-25(29)23-16-18-26-27-10-5-11-28(34(27)40-32(26)20-23)35-38-31-14-6-13-30(37)33(31)39(35)24-17-15-21-7-1-2-8-22(21)19-24;1-16(2,3)13-9-10-14(15-11-13)12-7-5-4-6-8-12;/h1-10,12-20H;4-7,9-11H,1-3H3;/q2*-1;. The molecule has 3 heterocycles. The third kappa shape index (κ3) is 7.38. The Balaban J connectivity index is 0.000000226. The van der Waals surface area contributed by atoms with Gasteiger partial charge in [-0.3, -0.25) is 4.98 Å². The van der Waals surface area contributed by atoms with Gasteiger partial charge in [-0.1, -0.05) is 109 Å². The molecule has 0 spiro atoms. The summed E-state index contributed by atoms with van der Waals surface area (Å²) >= 11 is 1.62. The maximum Gasteiger partial charge on any atom is 0.148 e. The minimum atomic E-state index is -1.23. The SMILES string of the molecule is C[Si](C)(C)c1ccc(-c2[c-]cccc2)nc1.Fc1ccccc1-c1ccc2c(c1)sc1c(-c3nc4cccc(F)c4n3-c3ccc4ccccc4c3)[c-]ccc12.[Ir]. The van der Waals surface area contributed by atoms with Gasteiger partial charge in [-0.15, -0.1) is 54.1 Å². The Morgan fingerprint density at radius 1 is 0.667 bits per heavy atom. The van der Waals surface area contributed by atoms with Crippen LogP contribution in [0.15, 0.2) is 158 Å². The van der Waals surface area contributed by atoms with Crippen LogP contribution in [0.1, 0.15) is 0 Å². The van der Waals surface area contributed by atoms with E-state index in [2.05, 4.69) is 73.2 Å². The molecule has 57 heavy (non-hydrogen) atoms. The van der Waals surface area contributed by atoms with Gasteiger partial charge in [0.05, 0.1) is 24.9 Å². The van der Waals surface area contributed by atoms with Crippen molar-refractivity contribution >= 4 is 66.6 Å². The molecule has 7 aromatic carbocycles. The first kappa shape index (κ1) is 38.3. The normalized spacial score (nSPS) is 11.5. The molecule has 1 radical (unpaired) electrons. The number of fused-ring (bicyclic) bond motifs is 5. The molecule has 0 aliphatic rings. The summed E-state index contributed by atoms with van der Waals surface area (Å²) in [5.41, 5.74) is 6.10. The Morgan fingerprint density at radius 3 is 2.23 bits per heavy atom. The van der Waals surface area contributed by atoms with E-state index in [4.69, 9.17) is 4.98 Å². The third-order valence-electron chi connectivity index (χ3n) is 10.1. The van der Waals surface area contributed by atoms with Crippen molar-refractivity contribution in [3.05, 3.63) is 182 Å². The van der Waals surface area contributed by atoms with Crippen LogP contribution in [-0.2, 0) is 20.1 Å². The summed E-state index contributed by atoms with van der Waals surface area (Å²) in [5.74, 6) is 0.0485. The van der Waals surface area contributed by atoms with E-state index in [0.717, 1.165) is 59.0 Å². The molecule has 0 saturated carbocycles. The van der Waals surface area contributed by atoms with Gasteiger partial charge in [0.1, 0.15) is 11.6 Å². The predicted molar refractivity (Wildman–Crippen MR) is 233 cm³/mol. The summed E-state index contributed by atoms with van der Waals surface area (Å²) < 4.78 is 33.9. The first-order valence-corrected chi connectivity index (χ1v) is 22.8. The maximum atomic E-state index is 15.4. The van der Waals surface area contributed by atoms with E-state index in [-0.39, 0.29) is 31.7 Å². The number of thiophene rings is 1. The van der Waals surface area contributed by atoms with Gasteiger partial charge in [0.25, 0.3) is 0 Å². The van der Waals surface area contributed by atoms with Gasteiger partial charge in [-0.05, 0) is 73.7 Å². The number of imidazole rings is 1. The van der Waals surface area contributed by atoms with Crippen LogP contribution in [0, 0.1) is 23.8 Å². The summed E-state index contributed by atoms with van der Waals surface area (Å²) in [5, 5.41) is 5.71. The largest absolute Gasteiger partial charge is 0.331 e. The predicted octanol–water partition coefficient (Wildman–Crippen LogP) is 13.1. The Bertz CT molecular complexity index is 3040. The first-order chi connectivity index (χ1) is 27.2. The summed E-state index contributed by atoms with van der Waals surface area (Å²) in [6, 6.07) is 54.9. The second-order valence-electron chi connectivity index (χ2n) is 14.8. The van der Waals surface area contributed by atoms with Crippen molar-refractivity contribution in [1.29, 1.82) is 0 Å². The number of hydrogen-bond donors (Lipinski definition) is 0. The van der Waals surface area contributed by atoms with E-state index >= 15 is 4.39 Å². The molecule has 0 bridgehead atoms. The van der Waals surface area contributed by atoms with Gasteiger partial charge in [0.15, 0.2) is 0 Å². The second-order valence-corrected chi connectivity index (χ2v) is 20.9. The number of aromatic nitrogens is 3. The van der Waals surface area contributed by atoms with Crippen LogP contribution in [0.4, 0.5) is 8.78 Å². The van der Waals surface area contributed by atoms with E-state index in [0.29, 0.717) is 22.4 Å². The molecule has 8 heteroatoms. The smallest absolute Gasteiger partial charge is 0.148 e. The van der Waals surface area contributed by atoms with Crippen LogP contribution in [0.25, 0.3) is 81.4 Å². The van der Waals surface area contributed by atoms with Gasteiger partial charge in [0, 0.05) is 42.3 Å². The number of para-hydroxylation sites is 1. The van der Waals surface area contributed by atoms with E-state index in [1.54, 1.807) is 29.5 Å². The molecule has 10 rings (SSSR count). The fourth-order valence-electron chi connectivity index (χ4n) is 7.14. The summed E-state index contributed by atoms with van der Waals surface area (Å²) in [4.78, 5) is 9.46. The number of halogens is 2. The van der Waals surface area contributed by atoms with Crippen molar-refractivity contribution in [2.75, 3.05) is 0 Å². The van der Waals surface area contributed by atoms with Crippen molar-refractivity contribution in [3.63, 3.8) is 0 Å². The molecule has 0 aliphatic heterocycles. The van der Waals surface area contributed by atoms with Gasteiger partial charge >= 0.3 is 0 Å². The van der Waals surface area contributed by atoms with E-state index < -0.39 is 8.07 Å². The number of nitrogens with zero attached hydrogens (tertiary/aromatic N) is 3. The molecule has 3 nitrogen and oxygen atoms in total. The molecule has 0 saturated heterocycles. The minimum absolute atomic E-state index is 0. The molecule has 0 N–H and O–H groups in total. The number of benzene rings is 7. The van der Waals surface area contributed by atoms with Gasteiger partial charge in [-0.2, -0.15) is 11.3 Å². The topological polar surface area (TPSA) is 30.7 Å². The Hall–Kier alpha value is -5.63. The fraction of sp³-hybridized carbons (Fsp3) is 0.0612. The zero-order valence-electron chi connectivity index (χ0n) is 31.4. The Morgan fingerprint density at radius 2 is 1.46 bits per heavy atom. The number of pyridine rings is 1. The second kappa shape index (κ2) is 15.7. The number of hydrogen-bond acceptors (Lipinski definition) is 3. The first-order valence-electron chi connectivity index (χ1n) is 18.4. The van der Waals surface area contributed by atoms with E-state index in [1.165, 1.54) is 17.3 Å². The molecular formula is C49H35F2IrN3SSi-2. The fourth-order valence-corrected chi connectivity index (χ4v) is 9.41.